The van der Waals surface area contributed by atoms with Gasteiger partial charge >= 0.3 is 0 Å². The Labute approximate surface area is 82.2 Å². The van der Waals surface area contributed by atoms with Gasteiger partial charge in [0.2, 0.25) is 0 Å². The van der Waals surface area contributed by atoms with Gasteiger partial charge in [-0.2, -0.15) is 0 Å². The standard InChI is InChI=1S/C12H12O/c1-9-8-12(10(2)13-9)11-6-4-3-5-7-11/h3-8H,1-2H3/i1D3. The number of aryl methyl sites for hydroxylation is 2. The predicted octanol–water partition coefficient (Wildman–Crippen LogP) is 3.56. The zero-order valence-corrected chi connectivity index (χ0v) is 7.37. The number of hydrogen-bond donors (Lipinski definition) is 0. The largest absolute Gasteiger partial charge is 0.466 e. The third kappa shape index (κ3) is 1.50. The first kappa shape index (κ1) is 5.28. The Bertz CT molecular complexity index is 483. The van der Waals surface area contributed by atoms with Crippen LogP contribution in [0.25, 0.3) is 11.1 Å². The molecule has 0 atom stereocenters. The molecule has 1 nitrogen and oxygen atoms in total. The molecule has 1 aromatic carbocycles. The van der Waals surface area contributed by atoms with E-state index in [1.807, 2.05) is 30.3 Å². The van der Waals surface area contributed by atoms with Crippen molar-refractivity contribution in [1.29, 1.82) is 0 Å². The van der Waals surface area contributed by atoms with Gasteiger partial charge in [-0.3, -0.25) is 0 Å². The van der Waals surface area contributed by atoms with E-state index in [0.29, 0.717) is 5.76 Å². The van der Waals surface area contributed by atoms with Crippen molar-refractivity contribution < 1.29 is 8.53 Å². The molecule has 1 aromatic heterocycles. The van der Waals surface area contributed by atoms with Crippen molar-refractivity contribution in [3.05, 3.63) is 47.9 Å². The fourth-order valence-corrected chi connectivity index (χ4v) is 1.39. The summed E-state index contributed by atoms with van der Waals surface area (Å²) in [4.78, 5) is 0. The molecule has 2 rings (SSSR count). The number of rotatable bonds is 1. The number of benzene rings is 1. The fraction of sp³-hybridized carbons (Fsp3) is 0.167. The summed E-state index contributed by atoms with van der Waals surface area (Å²) in [7, 11) is 0. The first-order chi connectivity index (χ1) is 7.48. The number of hydrogen-bond acceptors (Lipinski definition) is 1. The van der Waals surface area contributed by atoms with Crippen molar-refractivity contribution in [2.24, 2.45) is 0 Å². The minimum Gasteiger partial charge on any atom is -0.466 e. The molecule has 13 heavy (non-hydrogen) atoms. The number of furan rings is 1. The molecular weight excluding hydrogens is 160 g/mol. The van der Waals surface area contributed by atoms with Crippen LogP contribution in [0.2, 0.25) is 0 Å². The highest BCUT2D eigenvalue weighted by atomic mass is 16.3. The summed E-state index contributed by atoms with van der Waals surface area (Å²) in [5.41, 5.74) is 1.81. The Hall–Kier alpha value is -1.50. The van der Waals surface area contributed by atoms with Gasteiger partial charge in [-0.15, -0.1) is 0 Å². The van der Waals surface area contributed by atoms with Crippen molar-refractivity contribution in [2.45, 2.75) is 13.8 Å². The van der Waals surface area contributed by atoms with Gasteiger partial charge in [-0.25, -0.2) is 0 Å². The molecule has 0 aliphatic carbocycles. The van der Waals surface area contributed by atoms with Gasteiger partial charge in [0.15, 0.2) is 0 Å². The molecule has 0 aliphatic heterocycles. The normalized spacial score (nSPS) is 14.7. The minimum atomic E-state index is -2.18. The lowest BCUT2D eigenvalue weighted by molar-refractivity contribution is 0.505. The van der Waals surface area contributed by atoms with E-state index >= 15 is 0 Å². The molecule has 1 heterocycles. The van der Waals surface area contributed by atoms with Crippen molar-refractivity contribution in [3.8, 4) is 11.1 Å². The first-order valence-corrected chi connectivity index (χ1v) is 4.15. The molecule has 0 fully saturated rings. The van der Waals surface area contributed by atoms with Gasteiger partial charge in [-0.1, -0.05) is 30.3 Å². The second-order valence-corrected chi connectivity index (χ2v) is 2.95. The summed E-state index contributed by atoms with van der Waals surface area (Å²) in [5, 5.41) is 0. The molecule has 1 heteroatoms. The Kier molecular flexibility index (Phi) is 1.26. The van der Waals surface area contributed by atoms with E-state index < -0.39 is 6.85 Å². The highest BCUT2D eigenvalue weighted by Gasteiger charge is 2.05. The summed E-state index contributed by atoms with van der Waals surface area (Å²) in [6, 6.07) is 11.2. The van der Waals surface area contributed by atoms with E-state index in [-0.39, 0.29) is 5.76 Å². The van der Waals surface area contributed by atoms with Crippen molar-refractivity contribution in [1.82, 2.24) is 0 Å². The van der Waals surface area contributed by atoms with Crippen LogP contribution in [0.3, 0.4) is 0 Å². The Morgan fingerprint density at radius 2 is 2.00 bits per heavy atom. The molecule has 0 N–H and O–H groups in total. The maximum atomic E-state index is 7.28. The Morgan fingerprint density at radius 1 is 1.23 bits per heavy atom. The molecular formula is C12H12O. The maximum absolute atomic E-state index is 7.28. The lowest BCUT2D eigenvalue weighted by Gasteiger charge is -1.96. The lowest BCUT2D eigenvalue weighted by atomic mass is 10.1. The molecule has 66 valence electrons. The molecule has 0 saturated carbocycles. The van der Waals surface area contributed by atoms with Crippen LogP contribution in [0.15, 0.2) is 40.8 Å². The summed E-state index contributed by atoms with van der Waals surface area (Å²) in [6.07, 6.45) is 0. The smallest absolute Gasteiger partial charge is 0.108 e. The first-order valence-electron chi connectivity index (χ1n) is 5.65. The quantitative estimate of drug-likeness (QED) is 0.645. The second-order valence-electron chi connectivity index (χ2n) is 2.95. The van der Waals surface area contributed by atoms with Crippen LogP contribution in [-0.4, -0.2) is 0 Å². The summed E-state index contributed by atoms with van der Waals surface area (Å²) in [5.74, 6) is 0.682. The van der Waals surface area contributed by atoms with Crippen molar-refractivity contribution in [2.75, 3.05) is 0 Å². The molecule has 0 radical (unpaired) electrons. The molecule has 0 saturated heterocycles. The van der Waals surface area contributed by atoms with E-state index in [1.165, 1.54) is 0 Å². The monoisotopic (exact) mass is 175 g/mol. The highest BCUT2D eigenvalue weighted by molar-refractivity contribution is 5.65. The molecule has 0 aliphatic rings. The summed E-state index contributed by atoms with van der Waals surface area (Å²) >= 11 is 0. The van der Waals surface area contributed by atoms with Gasteiger partial charge in [0.25, 0.3) is 0 Å². The SMILES string of the molecule is [2H]C([2H])([2H])c1cc(-c2ccccc2)c(C)o1. The average Bonchev–Trinajstić information content (AvgIpc) is 2.61. The average molecular weight is 175 g/mol. The topological polar surface area (TPSA) is 13.1 Å². The van der Waals surface area contributed by atoms with Crippen molar-refractivity contribution >= 4 is 0 Å². The summed E-state index contributed by atoms with van der Waals surface area (Å²) in [6.45, 7) is -0.407. The zero-order valence-electron chi connectivity index (χ0n) is 10.4. The van der Waals surface area contributed by atoms with Gasteiger partial charge < -0.3 is 4.42 Å². The van der Waals surface area contributed by atoms with Crippen LogP contribution in [0.1, 0.15) is 15.6 Å². The summed E-state index contributed by atoms with van der Waals surface area (Å²) < 4.78 is 27.1. The molecule has 0 unspecified atom stereocenters. The van der Waals surface area contributed by atoms with Crippen LogP contribution < -0.4 is 0 Å². The molecule has 0 spiro atoms. The third-order valence-electron chi connectivity index (χ3n) is 2.00. The van der Waals surface area contributed by atoms with E-state index in [2.05, 4.69) is 0 Å². The van der Waals surface area contributed by atoms with Crippen LogP contribution in [0.5, 0.6) is 0 Å². The third-order valence-corrected chi connectivity index (χ3v) is 2.00. The second kappa shape index (κ2) is 3.09. The highest BCUT2D eigenvalue weighted by Crippen LogP contribution is 2.25. The van der Waals surface area contributed by atoms with E-state index in [9.17, 15) is 0 Å². The lowest BCUT2D eigenvalue weighted by Crippen LogP contribution is -1.74. The van der Waals surface area contributed by atoms with Gasteiger partial charge in [0.05, 0.1) is 0 Å². The van der Waals surface area contributed by atoms with Crippen LogP contribution >= 0.6 is 0 Å². The van der Waals surface area contributed by atoms with Crippen molar-refractivity contribution in [3.63, 3.8) is 0 Å². The van der Waals surface area contributed by atoms with Crippen LogP contribution in [0, 0.1) is 13.8 Å². The fourth-order valence-electron chi connectivity index (χ4n) is 1.39. The van der Waals surface area contributed by atoms with Gasteiger partial charge in [-0.05, 0) is 25.4 Å². The predicted molar refractivity (Wildman–Crippen MR) is 53.6 cm³/mol. The molecule has 0 amide bonds. The van der Waals surface area contributed by atoms with E-state index in [1.54, 1.807) is 13.0 Å². The Morgan fingerprint density at radius 3 is 2.62 bits per heavy atom. The van der Waals surface area contributed by atoms with Gasteiger partial charge in [0.1, 0.15) is 11.5 Å². The Balaban J connectivity index is 2.48. The van der Waals surface area contributed by atoms with Gasteiger partial charge in [0, 0.05) is 9.68 Å². The molecule has 0 bridgehead atoms. The zero-order chi connectivity index (χ0) is 11.8. The maximum Gasteiger partial charge on any atom is 0.108 e. The molecule has 2 aromatic rings. The van der Waals surface area contributed by atoms with Crippen LogP contribution in [-0.2, 0) is 0 Å². The van der Waals surface area contributed by atoms with E-state index in [0.717, 1.165) is 11.1 Å². The minimum absolute atomic E-state index is 0.0452. The van der Waals surface area contributed by atoms with Crippen LogP contribution in [0.4, 0.5) is 0 Å². The van der Waals surface area contributed by atoms with E-state index in [4.69, 9.17) is 8.53 Å².